The van der Waals surface area contributed by atoms with Crippen molar-refractivity contribution in [3.63, 3.8) is 0 Å². The topological polar surface area (TPSA) is 58.6 Å². The molecule has 0 bridgehead atoms. The van der Waals surface area contributed by atoms with Gasteiger partial charge in [-0.05, 0) is 32.0 Å². The molecule has 1 amide bonds. The minimum absolute atomic E-state index is 0.0737. The van der Waals surface area contributed by atoms with Crippen LogP contribution in [-0.4, -0.2) is 36.9 Å². The Morgan fingerprint density at radius 2 is 2.29 bits per heavy atom. The monoisotopic (exact) mass is 293 g/mol. The molecule has 2 N–H and O–H groups in total. The van der Waals surface area contributed by atoms with Crippen LogP contribution in [0.1, 0.15) is 36.2 Å². The van der Waals surface area contributed by atoms with Crippen LogP contribution in [0.3, 0.4) is 0 Å². The molecule has 0 saturated heterocycles. The van der Waals surface area contributed by atoms with Crippen LogP contribution in [0.2, 0.25) is 0 Å². The number of carbonyl (C=O) groups is 1. The van der Waals surface area contributed by atoms with Gasteiger partial charge in [0.15, 0.2) is 0 Å². The van der Waals surface area contributed by atoms with Gasteiger partial charge in [0, 0.05) is 25.1 Å². The lowest BCUT2D eigenvalue weighted by atomic mass is 10.1. The van der Waals surface area contributed by atoms with Crippen molar-refractivity contribution >= 4 is 5.91 Å². The van der Waals surface area contributed by atoms with E-state index in [1.54, 1.807) is 0 Å². The first-order valence-electron chi connectivity index (χ1n) is 6.87. The van der Waals surface area contributed by atoms with Crippen LogP contribution in [-0.2, 0) is 4.74 Å². The zero-order chi connectivity index (χ0) is 15.7. The standard InChI is InChI=1S/C16H20FNO3/c1-3-21-12(2)11-18-16(20)15-8-7-14(17)10-13(15)6-4-5-9-19/h7-8,10,12,19H,3,5,9,11H2,1-2H3,(H,18,20). The second kappa shape index (κ2) is 9.11. The van der Waals surface area contributed by atoms with E-state index in [9.17, 15) is 9.18 Å². The lowest BCUT2D eigenvalue weighted by molar-refractivity contribution is 0.0695. The van der Waals surface area contributed by atoms with Gasteiger partial charge in [0.2, 0.25) is 0 Å². The van der Waals surface area contributed by atoms with Gasteiger partial charge in [-0.15, -0.1) is 0 Å². The Balaban J connectivity index is 2.81. The summed E-state index contributed by atoms with van der Waals surface area (Å²) in [6, 6.07) is 3.84. The summed E-state index contributed by atoms with van der Waals surface area (Å²) in [5.74, 6) is 4.61. The van der Waals surface area contributed by atoms with Crippen molar-refractivity contribution in [3.8, 4) is 11.8 Å². The summed E-state index contributed by atoms with van der Waals surface area (Å²) < 4.78 is 18.6. The summed E-state index contributed by atoms with van der Waals surface area (Å²) in [6.45, 7) is 4.61. The van der Waals surface area contributed by atoms with Crippen molar-refractivity contribution in [2.75, 3.05) is 19.8 Å². The third-order valence-electron chi connectivity index (χ3n) is 2.69. The van der Waals surface area contributed by atoms with Gasteiger partial charge >= 0.3 is 0 Å². The molecular formula is C16H20FNO3. The van der Waals surface area contributed by atoms with Crippen molar-refractivity contribution in [1.82, 2.24) is 5.32 Å². The molecule has 0 fully saturated rings. The number of aliphatic hydroxyl groups excluding tert-OH is 1. The molecule has 1 aromatic rings. The smallest absolute Gasteiger partial charge is 0.252 e. The predicted molar refractivity (Wildman–Crippen MR) is 78.4 cm³/mol. The van der Waals surface area contributed by atoms with Crippen LogP contribution in [0, 0.1) is 17.7 Å². The maximum atomic E-state index is 13.3. The van der Waals surface area contributed by atoms with Gasteiger partial charge in [-0.3, -0.25) is 4.79 Å². The van der Waals surface area contributed by atoms with Gasteiger partial charge in [-0.25, -0.2) is 4.39 Å². The van der Waals surface area contributed by atoms with Gasteiger partial charge < -0.3 is 15.2 Å². The zero-order valence-corrected chi connectivity index (χ0v) is 12.3. The average Bonchev–Trinajstić information content (AvgIpc) is 2.45. The van der Waals surface area contributed by atoms with Crippen LogP contribution in [0.4, 0.5) is 4.39 Å². The highest BCUT2D eigenvalue weighted by molar-refractivity contribution is 5.96. The molecule has 0 saturated carbocycles. The molecule has 1 aromatic carbocycles. The average molecular weight is 293 g/mol. The fourth-order valence-corrected chi connectivity index (χ4v) is 1.71. The number of rotatable bonds is 6. The highest BCUT2D eigenvalue weighted by Gasteiger charge is 2.12. The van der Waals surface area contributed by atoms with Gasteiger partial charge in [-0.1, -0.05) is 11.8 Å². The van der Waals surface area contributed by atoms with Gasteiger partial charge in [0.25, 0.3) is 5.91 Å². The van der Waals surface area contributed by atoms with E-state index in [-0.39, 0.29) is 25.0 Å². The number of nitrogens with one attached hydrogen (secondary N) is 1. The van der Waals surface area contributed by atoms with Crippen LogP contribution in [0.5, 0.6) is 0 Å². The lowest BCUT2D eigenvalue weighted by Gasteiger charge is -2.13. The molecule has 1 atom stereocenters. The number of amides is 1. The summed E-state index contributed by atoms with van der Waals surface area (Å²) in [7, 11) is 0. The minimum Gasteiger partial charge on any atom is -0.395 e. The second-order valence-electron chi connectivity index (χ2n) is 4.44. The van der Waals surface area contributed by atoms with Crippen molar-refractivity contribution in [2.24, 2.45) is 0 Å². The molecule has 1 rings (SSSR count). The maximum absolute atomic E-state index is 13.3. The van der Waals surface area contributed by atoms with E-state index in [1.165, 1.54) is 18.2 Å². The maximum Gasteiger partial charge on any atom is 0.252 e. The Bertz CT molecular complexity index is 534. The third-order valence-corrected chi connectivity index (χ3v) is 2.69. The van der Waals surface area contributed by atoms with E-state index >= 15 is 0 Å². The molecular weight excluding hydrogens is 273 g/mol. The van der Waals surface area contributed by atoms with E-state index < -0.39 is 5.82 Å². The number of carbonyl (C=O) groups excluding carboxylic acids is 1. The van der Waals surface area contributed by atoms with Gasteiger partial charge in [0.05, 0.1) is 18.3 Å². The lowest BCUT2D eigenvalue weighted by Crippen LogP contribution is -2.32. The highest BCUT2D eigenvalue weighted by Crippen LogP contribution is 2.10. The van der Waals surface area contributed by atoms with Crippen molar-refractivity contribution < 1.29 is 19.0 Å². The normalized spacial score (nSPS) is 11.4. The first kappa shape index (κ1) is 17.2. The molecule has 0 radical (unpaired) electrons. The Labute approximate surface area is 124 Å². The summed E-state index contributed by atoms with van der Waals surface area (Å²) in [4.78, 5) is 12.1. The molecule has 0 aromatic heterocycles. The Hall–Kier alpha value is -1.90. The molecule has 0 aliphatic heterocycles. The Morgan fingerprint density at radius 1 is 1.52 bits per heavy atom. The first-order chi connectivity index (χ1) is 10.1. The van der Waals surface area contributed by atoms with Crippen molar-refractivity contribution in [3.05, 3.63) is 35.1 Å². The summed E-state index contributed by atoms with van der Waals surface area (Å²) in [5, 5.41) is 11.4. The second-order valence-corrected chi connectivity index (χ2v) is 4.44. The van der Waals surface area contributed by atoms with E-state index in [0.717, 1.165) is 0 Å². The quantitative estimate of drug-likeness (QED) is 0.785. The first-order valence-corrected chi connectivity index (χ1v) is 6.87. The fourth-order valence-electron chi connectivity index (χ4n) is 1.71. The molecule has 0 spiro atoms. The fraction of sp³-hybridized carbons (Fsp3) is 0.438. The van der Waals surface area contributed by atoms with E-state index in [1.807, 2.05) is 13.8 Å². The van der Waals surface area contributed by atoms with Crippen LogP contribution in [0.25, 0.3) is 0 Å². The zero-order valence-electron chi connectivity index (χ0n) is 12.3. The molecule has 5 heteroatoms. The van der Waals surface area contributed by atoms with E-state index in [2.05, 4.69) is 17.2 Å². The Morgan fingerprint density at radius 3 is 2.95 bits per heavy atom. The van der Waals surface area contributed by atoms with Crippen molar-refractivity contribution in [2.45, 2.75) is 26.4 Å². The molecule has 1 unspecified atom stereocenters. The van der Waals surface area contributed by atoms with Crippen LogP contribution < -0.4 is 5.32 Å². The number of aliphatic hydroxyl groups is 1. The van der Waals surface area contributed by atoms with Crippen LogP contribution >= 0.6 is 0 Å². The SMILES string of the molecule is CCOC(C)CNC(=O)c1ccc(F)cc1C#CCCO. The molecule has 0 heterocycles. The molecule has 4 nitrogen and oxygen atoms in total. The van der Waals surface area contributed by atoms with E-state index in [4.69, 9.17) is 9.84 Å². The van der Waals surface area contributed by atoms with E-state index in [0.29, 0.717) is 24.3 Å². The third kappa shape index (κ3) is 5.94. The van der Waals surface area contributed by atoms with Gasteiger partial charge in [-0.2, -0.15) is 0 Å². The number of hydrogen-bond donors (Lipinski definition) is 2. The molecule has 114 valence electrons. The van der Waals surface area contributed by atoms with Crippen molar-refractivity contribution in [1.29, 1.82) is 0 Å². The minimum atomic E-state index is -0.456. The van der Waals surface area contributed by atoms with Crippen LogP contribution in [0.15, 0.2) is 18.2 Å². The summed E-state index contributed by atoms with van der Waals surface area (Å²) >= 11 is 0. The molecule has 21 heavy (non-hydrogen) atoms. The number of hydrogen-bond acceptors (Lipinski definition) is 3. The Kier molecular flexibility index (Phi) is 7.44. The summed E-state index contributed by atoms with van der Waals surface area (Å²) in [6.07, 6.45) is 0.183. The molecule has 0 aliphatic carbocycles. The summed E-state index contributed by atoms with van der Waals surface area (Å²) in [5.41, 5.74) is 0.621. The molecule has 0 aliphatic rings. The number of halogens is 1. The predicted octanol–water partition coefficient (Wildman–Crippen LogP) is 1.71. The number of ether oxygens (including phenoxy) is 1. The number of benzene rings is 1. The van der Waals surface area contributed by atoms with Gasteiger partial charge in [0.1, 0.15) is 5.82 Å². The highest BCUT2D eigenvalue weighted by atomic mass is 19.1. The largest absolute Gasteiger partial charge is 0.395 e.